The summed E-state index contributed by atoms with van der Waals surface area (Å²) in [6.07, 6.45) is 1.05. The van der Waals surface area contributed by atoms with E-state index < -0.39 is 0 Å². The largest absolute Gasteiger partial charge is 0.326 e. The zero-order valence-corrected chi connectivity index (χ0v) is 13.3. The first-order valence-corrected chi connectivity index (χ1v) is 7.64. The van der Waals surface area contributed by atoms with Gasteiger partial charge in [-0.05, 0) is 38.4 Å². The third kappa shape index (κ3) is 4.42. The molecule has 0 aliphatic rings. The van der Waals surface area contributed by atoms with Crippen molar-refractivity contribution in [3.8, 4) is 0 Å². The van der Waals surface area contributed by atoms with Gasteiger partial charge < -0.3 is 5.73 Å². The Bertz CT molecular complexity index is 549. The maximum Gasteiger partial charge on any atom is 0.0493 e. The molecule has 0 saturated heterocycles. The summed E-state index contributed by atoms with van der Waals surface area (Å²) in [4.78, 5) is 2.37. The molecule has 112 valence electrons. The predicted molar refractivity (Wildman–Crippen MR) is 90.3 cm³/mol. The summed E-state index contributed by atoms with van der Waals surface area (Å²) in [6.45, 7) is 5.22. The molecule has 2 nitrogen and oxygen atoms in total. The highest BCUT2D eigenvalue weighted by Crippen LogP contribution is 2.23. The second-order valence-corrected chi connectivity index (χ2v) is 5.93. The fraction of sp³-hybridized carbons (Fsp3) is 0.368. The fourth-order valence-corrected chi connectivity index (χ4v) is 2.90. The molecule has 2 atom stereocenters. The Labute approximate surface area is 128 Å². The molecule has 0 saturated carbocycles. The van der Waals surface area contributed by atoms with Crippen LogP contribution in [0.25, 0.3) is 0 Å². The molecule has 2 N–H and O–H groups in total. The number of aryl methyl sites for hydroxylation is 1. The predicted octanol–water partition coefficient (Wildman–Crippen LogP) is 3.56. The zero-order chi connectivity index (χ0) is 15.2. The molecule has 2 heteroatoms. The first-order chi connectivity index (χ1) is 10.1. The van der Waals surface area contributed by atoms with Gasteiger partial charge in [0.2, 0.25) is 0 Å². The number of nitrogens with two attached hydrogens (primary N) is 1. The number of benzene rings is 2. The van der Waals surface area contributed by atoms with E-state index in [2.05, 4.69) is 80.4 Å². The lowest BCUT2D eigenvalue weighted by atomic mass is 9.97. The van der Waals surface area contributed by atoms with Crippen molar-refractivity contribution in [1.82, 2.24) is 4.90 Å². The average Bonchev–Trinajstić information content (AvgIpc) is 2.46. The van der Waals surface area contributed by atoms with Crippen molar-refractivity contribution in [1.29, 1.82) is 0 Å². The number of nitrogens with zero attached hydrogens (tertiary/aromatic N) is 1. The van der Waals surface area contributed by atoms with Crippen molar-refractivity contribution >= 4 is 0 Å². The Kier molecular flexibility index (Phi) is 5.54. The maximum absolute atomic E-state index is 6.25. The minimum absolute atomic E-state index is 0.104. The van der Waals surface area contributed by atoms with E-state index in [1.54, 1.807) is 0 Å². The molecule has 0 heterocycles. The third-order valence-electron chi connectivity index (χ3n) is 3.95. The minimum Gasteiger partial charge on any atom is -0.326 e. The molecule has 2 aromatic rings. The van der Waals surface area contributed by atoms with Gasteiger partial charge in [0.05, 0.1) is 0 Å². The molecule has 0 aliphatic carbocycles. The molecule has 0 radical (unpaired) electrons. The molecular formula is C19H26N2. The summed E-state index contributed by atoms with van der Waals surface area (Å²) in [5.74, 6) is 0. The lowest BCUT2D eigenvalue weighted by Crippen LogP contribution is -2.38. The van der Waals surface area contributed by atoms with Crippen LogP contribution in [0.4, 0.5) is 0 Å². The van der Waals surface area contributed by atoms with Gasteiger partial charge in [0.25, 0.3) is 0 Å². The molecule has 0 aromatic heterocycles. The van der Waals surface area contributed by atoms with E-state index in [0.717, 1.165) is 13.0 Å². The van der Waals surface area contributed by atoms with Crippen LogP contribution in [0, 0.1) is 6.92 Å². The molecule has 2 unspecified atom stereocenters. The monoisotopic (exact) mass is 282 g/mol. The van der Waals surface area contributed by atoms with Crippen molar-refractivity contribution in [3.05, 3.63) is 71.3 Å². The van der Waals surface area contributed by atoms with Crippen LogP contribution >= 0.6 is 0 Å². The highest BCUT2D eigenvalue weighted by atomic mass is 15.1. The Hall–Kier alpha value is -1.64. The number of likely N-dealkylation sites (N-methyl/N-ethyl adjacent to an activating group) is 1. The van der Waals surface area contributed by atoms with Crippen LogP contribution in [0.1, 0.15) is 29.7 Å². The highest BCUT2D eigenvalue weighted by Gasteiger charge is 2.20. The topological polar surface area (TPSA) is 29.3 Å². The van der Waals surface area contributed by atoms with Crippen molar-refractivity contribution in [2.24, 2.45) is 5.73 Å². The van der Waals surface area contributed by atoms with Gasteiger partial charge in [0, 0.05) is 18.6 Å². The lowest BCUT2D eigenvalue weighted by Gasteiger charge is -2.31. The standard InChI is InChI=1S/C19H26N2/c1-15-8-7-11-18(14-15)19(16(2)20)21(3)13-12-17-9-5-4-6-10-17/h4-11,14,16,19H,12-13,20H2,1-3H3. The van der Waals surface area contributed by atoms with E-state index in [0.29, 0.717) is 0 Å². The molecule has 0 bridgehead atoms. The molecular weight excluding hydrogens is 256 g/mol. The van der Waals surface area contributed by atoms with Gasteiger partial charge in [-0.2, -0.15) is 0 Å². The number of rotatable bonds is 6. The van der Waals surface area contributed by atoms with Gasteiger partial charge in [-0.25, -0.2) is 0 Å². The first-order valence-electron chi connectivity index (χ1n) is 7.64. The van der Waals surface area contributed by atoms with Gasteiger partial charge >= 0.3 is 0 Å². The summed E-state index contributed by atoms with van der Waals surface area (Å²) < 4.78 is 0. The van der Waals surface area contributed by atoms with Crippen molar-refractivity contribution < 1.29 is 0 Å². The van der Waals surface area contributed by atoms with E-state index in [4.69, 9.17) is 5.73 Å². The van der Waals surface area contributed by atoms with Gasteiger partial charge in [-0.1, -0.05) is 60.2 Å². The van der Waals surface area contributed by atoms with E-state index in [-0.39, 0.29) is 12.1 Å². The van der Waals surface area contributed by atoms with Crippen LogP contribution in [0.2, 0.25) is 0 Å². The van der Waals surface area contributed by atoms with Crippen LogP contribution in [0.3, 0.4) is 0 Å². The van der Waals surface area contributed by atoms with Crippen LogP contribution in [-0.2, 0) is 6.42 Å². The second kappa shape index (κ2) is 7.39. The smallest absolute Gasteiger partial charge is 0.0493 e. The van der Waals surface area contributed by atoms with E-state index >= 15 is 0 Å². The summed E-state index contributed by atoms with van der Waals surface area (Å²) in [6, 6.07) is 19.6. The highest BCUT2D eigenvalue weighted by molar-refractivity contribution is 5.26. The van der Waals surface area contributed by atoms with Gasteiger partial charge in [-0.3, -0.25) is 4.90 Å². The minimum atomic E-state index is 0.104. The molecule has 2 aromatic carbocycles. The Morgan fingerprint density at radius 1 is 1.05 bits per heavy atom. The third-order valence-corrected chi connectivity index (χ3v) is 3.95. The fourth-order valence-electron chi connectivity index (χ4n) is 2.90. The van der Waals surface area contributed by atoms with E-state index in [1.807, 2.05) is 0 Å². The maximum atomic E-state index is 6.25. The SMILES string of the molecule is Cc1cccc(C(C(C)N)N(C)CCc2ccccc2)c1. The van der Waals surface area contributed by atoms with E-state index in [9.17, 15) is 0 Å². The van der Waals surface area contributed by atoms with Crippen molar-refractivity contribution in [3.63, 3.8) is 0 Å². The molecule has 0 spiro atoms. The van der Waals surface area contributed by atoms with Crippen LogP contribution in [-0.4, -0.2) is 24.5 Å². The zero-order valence-electron chi connectivity index (χ0n) is 13.3. The van der Waals surface area contributed by atoms with Crippen LogP contribution in [0.15, 0.2) is 54.6 Å². The molecule has 0 amide bonds. The van der Waals surface area contributed by atoms with Crippen molar-refractivity contribution in [2.45, 2.75) is 32.4 Å². The summed E-state index contributed by atoms with van der Waals surface area (Å²) in [5, 5.41) is 0. The van der Waals surface area contributed by atoms with Crippen LogP contribution in [0.5, 0.6) is 0 Å². The number of hydrogen-bond donors (Lipinski definition) is 1. The lowest BCUT2D eigenvalue weighted by molar-refractivity contribution is 0.221. The normalized spacial score (nSPS) is 14.1. The quantitative estimate of drug-likeness (QED) is 0.878. The molecule has 2 rings (SSSR count). The average molecular weight is 282 g/mol. The number of hydrogen-bond acceptors (Lipinski definition) is 2. The Morgan fingerprint density at radius 2 is 1.76 bits per heavy atom. The van der Waals surface area contributed by atoms with Gasteiger partial charge in [0.1, 0.15) is 0 Å². The van der Waals surface area contributed by atoms with Crippen molar-refractivity contribution in [2.75, 3.05) is 13.6 Å². The second-order valence-electron chi connectivity index (χ2n) is 5.93. The first kappa shape index (κ1) is 15.7. The molecule has 0 fully saturated rings. The van der Waals surface area contributed by atoms with Gasteiger partial charge in [0.15, 0.2) is 0 Å². The van der Waals surface area contributed by atoms with Gasteiger partial charge in [-0.15, -0.1) is 0 Å². The van der Waals surface area contributed by atoms with Crippen LogP contribution < -0.4 is 5.73 Å². The summed E-state index contributed by atoms with van der Waals surface area (Å²) >= 11 is 0. The Morgan fingerprint density at radius 3 is 2.38 bits per heavy atom. The summed E-state index contributed by atoms with van der Waals surface area (Å²) in [7, 11) is 2.17. The molecule has 21 heavy (non-hydrogen) atoms. The van der Waals surface area contributed by atoms with E-state index in [1.165, 1.54) is 16.7 Å². The Balaban J connectivity index is 2.07. The molecule has 0 aliphatic heterocycles. The summed E-state index contributed by atoms with van der Waals surface area (Å²) in [5.41, 5.74) is 10.2.